The van der Waals surface area contributed by atoms with E-state index in [9.17, 15) is 4.79 Å². The van der Waals surface area contributed by atoms with Crippen molar-refractivity contribution in [1.29, 1.82) is 0 Å². The molecule has 1 N–H and O–H groups in total. The van der Waals surface area contributed by atoms with E-state index in [2.05, 4.69) is 20.1 Å². The average molecular weight is 278 g/mol. The Balaban J connectivity index is 1.46. The largest absolute Gasteiger partial charge is 0.378 e. The molecule has 20 heavy (non-hydrogen) atoms. The predicted molar refractivity (Wildman–Crippen MR) is 73.2 cm³/mol. The van der Waals surface area contributed by atoms with Crippen LogP contribution in [0.2, 0.25) is 0 Å². The van der Waals surface area contributed by atoms with Gasteiger partial charge in [-0.2, -0.15) is 0 Å². The lowest BCUT2D eigenvalue weighted by atomic mass is 10.1. The van der Waals surface area contributed by atoms with Crippen LogP contribution in [0.3, 0.4) is 0 Å². The van der Waals surface area contributed by atoms with E-state index in [1.807, 2.05) is 6.92 Å². The van der Waals surface area contributed by atoms with E-state index in [1.54, 1.807) is 0 Å². The van der Waals surface area contributed by atoms with Crippen molar-refractivity contribution in [3.05, 3.63) is 11.6 Å². The van der Waals surface area contributed by atoms with Gasteiger partial charge in [-0.05, 0) is 32.6 Å². The summed E-state index contributed by atoms with van der Waals surface area (Å²) < 4.78 is 7.65. The highest BCUT2D eigenvalue weighted by Gasteiger charge is 2.23. The van der Waals surface area contributed by atoms with E-state index in [0.29, 0.717) is 12.5 Å². The topological polar surface area (TPSA) is 69.0 Å². The summed E-state index contributed by atoms with van der Waals surface area (Å²) in [6.45, 7) is 3.60. The zero-order valence-electron chi connectivity index (χ0n) is 12.0. The second-order valence-electron chi connectivity index (χ2n) is 5.75. The molecule has 3 heterocycles. The van der Waals surface area contributed by atoms with Crippen LogP contribution in [0.5, 0.6) is 0 Å². The molecule has 6 nitrogen and oxygen atoms in total. The molecule has 3 rings (SSSR count). The standard InChI is InChI=1S/C14H22N4O2/c1-10-16-17-13-6-4-11(9-18(10)13)15-14(19)7-5-12-3-2-8-20-12/h11-12H,2-9H2,1H3,(H,15,19)/t11-,12+/m1/s1. The molecular weight excluding hydrogens is 256 g/mol. The second kappa shape index (κ2) is 5.91. The Kier molecular flexibility index (Phi) is 4.00. The van der Waals surface area contributed by atoms with Crippen LogP contribution in [0.4, 0.5) is 0 Å². The Labute approximate surface area is 118 Å². The summed E-state index contributed by atoms with van der Waals surface area (Å²) in [5.41, 5.74) is 0. The van der Waals surface area contributed by atoms with Gasteiger partial charge in [0.05, 0.1) is 6.10 Å². The monoisotopic (exact) mass is 278 g/mol. The number of hydrogen-bond acceptors (Lipinski definition) is 4. The van der Waals surface area contributed by atoms with E-state index in [-0.39, 0.29) is 11.9 Å². The van der Waals surface area contributed by atoms with E-state index in [1.165, 1.54) is 0 Å². The molecule has 110 valence electrons. The molecule has 1 aromatic heterocycles. The van der Waals surface area contributed by atoms with Crippen LogP contribution in [0.15, 0.2) is 0 Å². The third kappa shape index (κ3) is 3.00. The number of carbonyl (C=O) groups excluding carboxylic acids is 1. The number of nitrogens with one attached hydrogen (secondary N) is 1. The number of nitrogens with zero attached hydrogens (tertiary/aromatic N) is 3. The van der Waals surface area contributed by atoms with Gasteiger partial charge in [-0.15, -0.1) is 10.2 Å². The minimum Gasteiger partial charge on any atom is -0.378 e. The highest BCUT2D eigenvalue weighted by molar-refractivity contribution is 5.76. The Morgan fingerprint density at radius 1 is 1.45 bits per heavy atom. The number of ether oxygens (including phenoxy) is 1. The summed E-state index contributed by atoms with van der Waals surface area (Å²) in [6.07, 6.45) is 5.76. The Bertz CT molecular complexity index is 480. The van der Waals surface area contributed by atoms with Crippen molar-refractivity contribution >= 4 is 5.91 Å². The van der Waals surface area contributed by atoms with Crippen LogP contribution in [0.25, 0.3) is 0 Å². The van der Waals surface area contributed by atoms with Gasteiger partial charge < -0.3 is 14.6 Å². The fourth-order valence-corrected chi connectivity index (χ4v) is 3.04. The lowest BCUT2D eigenvalue weighted by molar-refractivity contribution is -0.122. The second-order valence-corrected chi connectivity index (χ2v) is 5.75. The molecule has 0 aliphatic carbocycles. The van der Waals surface area contributed by atoms with Crippen molar-refractivity contribution in [3.63, 3.8) is 0 Å². The maximum Gasteiger partial charge on any atom is 0.220 e. The van der Waals surface area contributed by atoms with E-state index in [0.717, 1.165) is 56.9 Å². The van der Waals surface area contributed by atoms with Crippen molar-refractivity contribution in [1.82, 2.24) is 20.1 Å². The van der Waals surface area contributed by atoms with Crippen LogP contribution in [-0.4, -0.2) is 39.4 Å². The quantitative estimate of drug-likeness (QED) is 0.891. The summed E-state index contributed by atoms with van der Waals surface area (Å²) in [7, 11) is 0. The molecule has 2 aliphatic heterocycles. The van der Waals surface area contributed by atoms with E-state index in [4.69, 9.17) is 4.74 Å². The zero-order valence-corrected chi connectivity index (χ0v) is 12.0. The van der Waals surface area contributed by atoms with E-state index < -0.39 is 0 Å². The zero-order chi connectivity index (χ0) is 13.9. The molecule has 0 unspecified atom stereocenters. The van der Waals surface area contributed by atoms with Gasteiger partial charge in [0.15, 0.2) is 0 Å². The lowest BCUT2D eigenvalue weighted by Crippen LogP contribution is -2.41. The number of rotatable bonds is 4. The predicted octanol–water partition coefficient (Wildman–Crippen LogP) is 0.977. The molecule has 6 heteroatoms. The number of fused-ring (bicyclic) bond motifs is 1. The van der Waals surface area contributed by atoms with Gasteiger partial charge in [0.2, 0.25) is 5.91 Å². The van der Waals surface area contributed by atoms with Gasteiger partial charge in [-0.25, -0.2) is 0 Å². The molecule has 2 aliphatic rings. The summed E-state index contributed by atoms with van der Waals surface area (Å²) in [4.78, 5) is 12.0. The summed E-state index contributed by atoms with van der Waals surface area (Å²) in [5.74, 6) is 2.10. The first-order valence-electron chi connectivity index (χ1n) is 7.52. The molecule has 1 fully saturated rings. The molecule has 0 bridgehead atoms. The smallest absolute Gasteiger partial charge is 0.220 e. The normalized spacial score (nSPS) is 25.4. The number of aromatic nitrogens is 3. The third-order valence-corrected chi connectivity index (χ3v) is 4.21. The van der Waals surface area contributed by atoms with Crippen molar-refractivity contribution in [3.8, 4) is 0 Å². The van der Waals surface area contributed by atoms with Crippen LogP contribution in [0.1, 0.15) is 43.8 Å². The molecule has 1 saturated heterocycles. The highest BCUT2D eigenvalue weighted by Crippen LogP contribution is 2.18. The Morgan fingerprint density at radius 2 is 2.35 bits per heavy atom. The minimum atomic E-state index is 0.139. The molecule has 0 saturated carbocycles. The molecule has 0 aromatic carbocycles. The van der Waals surface area contributed by atoms with Gasteiger partial charge >= 0.3 is 0 Å². The minimum absolute atomic E-state index is 0.139. The van der Waals surface area contributed by atoms with Crippen LogP contribution >= 0.6 is 0 Å². The van der Waals surface area contributed by atoms with Gasteiger partial charge in [-0.3, -0.25) is 4.79 Å². The fraction of sp³-hybridized carbons (Fsp3) is 0.786. The van der Waals surface area contributed by atoms with E-state index >= 15 is 0 Å². The summed E-state index contributed by atoms with van der Waals surface area (Å²) in [5, 5.41) is 11.4. The number of aryl methyl sites for hydroxylation is 2. The van der Waals surface area contributed by atoms with Crippen LogP contribution < -0.4 is 5.32 Å². The van der Waals surface area contributed by atoms with Gasteiger partial charge in [-0.1, -0.05) is 0 Å². The average Bonchev–Trinajstić information content (AvgIpc) is 3.07. The fourth-order valence-electron chi connectivity index (χ4n) is 3.04. The molecule has 1 aromatic rings. The Morgan fingerprint density at radius 3 is 3.15 bits per heavy atom. The first-order valence-corrected chi connectivity index (χ1v) is 7.52. The molecule has 2 atom stereocenters. The molecule has 0 spiro atoms. The third-order valence-electron chi connectivity index (χ3n) is 4.21. The van der Waals surface area contributed by atoms with Crippen molar-refractivity contribution in [2.75, 3.05) is 6.61 Å². The first-order chi connectivity index (χ1) is 9.72. The van der Waals surface area contributed by atoms with Gasteiger partial charge in [0.1, 0.15) is 11.6 Å². The number of carbonyl (C=O) groups is 1. The molecule has 0 radical (unpaired) electrons. The molecule has 1 amide bonds. The van der Waals surface area contributed by atoms with Crippen LogP contribution in [-0.2, 0) is 22.5 Å². The van der Waals surface area contributed by atoms with Gasteiger partial charge in [0, 0.05) is 32.0 Å². The maximum absolute atomic E-state index is 12.0. The van der Waals surface area contributed by atoms with Crippen LogP contribution in [0, 0.1) is 6.92 Å². The molecular formula is C14H22N4O2. The summed E-state index contributed by atoms with van der Waals surface area (Å²) >= 11 is 0. The van der Waals surface area contributed by atoms with Crippen molar-refractivity contribution in [2.24, 2.45) is 0 Å². The maximum atomic E-state index is 12.0. The number of amides is 1. The first kappa shape index (κ1) is 13.5. The van der Waals surface area contributed by atoms with Crippen molar-refractivity contribution in [2.45, 2.75) is 64.1 Å². The Hall–Kier alpha value is -1.43. The van der Waals surface area contributed by atoms with Crippen molar-refractivity contribution < 1.29 is 9.53 Å². The highest BCUT2D eigenvalue weighted by atomic mass is 16.5. The van der Waals surface area contributed by atoms with Gasteiger partial charge in [0.25, 0.3) is 0 Å². The SMILES string of the molecule is Cc1nnc2n1C[C@H](NC(=O)CC[C@@H]1CCCO1)CC2. The lowest BCUT2D eigenvalue weighted by Gasteiger charge is -2.25. The summed E-state index contributed by atoms with van der Waals surface area (Å²) in [6, 6.07) is 0.203. The number of hydrogen-bond donors (Lipinski definition) is 1.